The highest BCUT2D eigenvalue weighted by Gasteiger charge is 2.37. The number of nitrogens with one attached hydrogen (secondary N) is 1. The summed E-state index contributed by atoms with van der Waals surface area (Å²) in [6, 6.07) is 3.27. The van der Waals surface area contributed by atoms with Crippen molar-refractivity contribution in [2.45, 2.75) is 5.92 Å². The Morgan fingerprint density at radius 1 is 1.62 bits per heavy atom. The fourth-order valence-corrected chi connectivity index (χ4v) is 1.31. The predicted octanol–water partition coefficient (Wildman–Crippen LogP) is 0.202. The molecule has 0 aromatic carbocycles. The van der Waals surface area contributed by atoms with Crippen LogP contribution < -0.4 is 5.32 Å². The number of amides is 1. The van der Waals surface area contributed by atoms with Crippen molar-refractivity contribution >= 4 is 17.6 Å². The highest BCUT2D eigenvalue weighted by atomic mass is 16.4. The molecule has 1 amide bonds. The van der Waals surface area contributed by atoms with Gasteiger partial charge in [-0.1, -0.05) is 0 Å². The number of aliphatic carboxylic acids is 1. The molecular weight excluding hydrogens is 172 g/mol. The second-order valence-electron chi connectivity index (χ2n) is 2.70. The van der Waals surface area contributed by atoms with Crippen molar-refractivity contribution in [3.05, 3.63) is 24.0 Å². The quantitative estimate of drug-likeness (QED) is 0.602. The Kier molecular flexibility index (Phi) is 1.51. The van der Waals surface area contributed by atoms with Crippen molar-refractivity contribution in [3.8, 4) is 0 Å². The van der Waals surface area contributed by atoms with Gasteiger partial charge in [-0.2, -0.15) is 0 Å². The van der Waals surface area contributed by atoms with Crippen LogP contribution in [0, 0.1) is 0 Å². The molecule has 13 heavy (non-hydrogen) atoms. The Hall–Kier alpha value is -1.91. The van der Waals surface area contributed by atoms with Gasteiger partial charge in [-0.15, -0.1) is 0 Å². The maximum absolute atomic E-state index is 11.1. The molecule has 5 nitrogen and oxygen atoms in total. The molecular formula is C8H6N2O3. The van der Waals surface area contributed by atoms with Crippen LogP contribution in [0.25, 0.3) is 0 Å². The minimum Gasteiger partial charge on any atom is -0.480 e. The number of aromatic nitrogens is 1. The van der Waals surface area contributed by atoms with E-state index in [1.165, 1.54) is 6.20 Å². The third kappa shape index (κ3) is 1.05. The van der Waals surface area contributed by atoms with Gasteiger partial charge < -0.3 is 10.4 Å². The van der Waals surface area contributed by atoms with Crippen LogP contribution in [0.2, 0.25) is 0 Å². The lowest BCUT2D eigenvalue weighted by molar-refractivity contribution is -0.141. The molecule has 1 aliphatic heterocycles. The fourth-order valence-electron chi connectivity index (χ4n) is 1.31. The van der Waals surface area contributed by atoms with Crippen LogP contribution in [0.4, 0.5) is 5.69 Å². The largest absolute Gasteiger partial charge is 0.480 e. The average molecular weight is 178 g/mol. The van der Waals surface area contributed by atoms with E-state index >= 15 is 0 Å². The van der Waals surface area contributed by atoms with Gasteiger partial charge in [0, 0.05) is 6.20 Å². The number of hydrogen-bond acceptors (Lipinski definition) is 3. The zero-order valence-corrected chi connectivity index (χ0v) is 6.52. The molecule has 0 fully saturated rings. The van der Waals surface area contributed by atoms with Gasteiger partial charge in [0.25, 0.3) is 0 Å². The number of carboxylic acids is 1. The van der Waals surface area contributed by atoms with E-state index < -0.39 is 17.8 Å². The van der Waals surface area contributed by atoms with Crippen molar-refractivity contribution < 1.29 is 14.7 Å². The number of hydrogen-bond donors (Lipinski definition) is 2. The molecule has 1 aliphatic rings. The summed E-state index contributed by atoms with van der Waals surface area (Å²) >= 11 is 0. The van der Waals surface area contributed by atoms with Crippen LogP contribution in [0.1, 0.15) is 11.6 Å². The van der Waals surface area contributed by atoms with Crippen LogP contribution in [-0.2, 0) is 9.59 Å². The summed E-state index contributed by atoms with van der Waals surface area (Å²) < 4.78 is 0. The maximum atomic E-state index is 11.1. The lowest BCUT2D eigenvalue weighted by Crippen LogP contribution is -2.20. The number of pyridine rings is 1. The first-order chi connectivity index (χ1) is 6.20. The SMILES string of the molecule is O=C(O)[C@H]1C(=O)Nc2cccnc21. The van der Waals surface area contributed by atoms with Crippen LogP contribution in [-0.4, -0.2) is 22.0 Å². The number of nitrogens with zero attached hydrogens (tertiary/aromatic N) is 1. The Morgan fingerprint density at radius 3 is 3.08 bits per heavy atom. The average Bonchev–Trinajstić information content (AvgIpc) is 2.39. The van der Waals surface area contributed by atoms with Crippen molar-refractivity contribution in [2.75, 3.05) is 5.32 Å². The van der Waals surface area contributed by atoms with E-state index in [1.807, 2.05) is 0 Å². The first-order valence-corrected chi connectivity index (χ1v) is 3.69. The molecule has 0 bridgehead atoms. The van der Waals surface area contributed by atoms with E-state index in [2.05, 4.69) is 10.3 Å². The standard InChI is InChI=1S/C8H6N2O3/c11-7-5(8(12)13)6-4(10-7)2-1-3-9-6/h1-3,5H,(H,10,11)(H,12,13)/t5-/m1/s1. The Labute approximate surface area is 73.4 Å². The smallest absolute Gasteiger partial charge is 0.322 e. The summed E-state index contributed by atoms with van der Waals surface area (Å²) in [5, 5.41) is 11.2. The molecule has 0 unspecified atom stereocenters. The number of fused-ring (bicyclic) bond motifs is 1. The molecule has 2 rings (SSSR count). The number of carbonyl (C=O) groups excluding carboxylic acids is 1. The van der Waals surface area contributed by atoms with Crippen molar-refractivity contribution in [3.63, 3.8) is 0 Å². The maximum Gasteiger partial charge on any atom is 0.322 e. The first-order valence-electron chi connectivity index (χ1n) is 3.69. The fraction of sp³-hybridized carbons (Fsp3) is 0.125. The molecule has 0 spiro atoms. The summed E-state index contributed by atoms with van der Waals surface area (Å²) in [6.07, 6.45) is 1.47. The highest BCUT2D eigenvalue weighted by Crippen LogP contribution is 2.29. The van der Waals surface area contributed by atoms with Gasteiger partial charge in [-0.25, -0.2) is 0 Å². The summed E-state index contributed by atoms with van der Waals surface area (Å²) in [6.45, 7) is 0. The summed E-state index contributed by atoms with van der Waals surface area (Å²) in [7, 11) is 0. The van der Waals surface area contributed by atoms with Crippen molar-refractivity contribution in [1.29, 1.82) is 0 Å². The van der Waals surface area contributed by atoms with Crippen LogP contribution in [0.3, 0.4) is 0 Å². The molecule has 66 valence electrons. The van der Waals surface area contributed by atoms with Gasteiger partial charge in [0.05, 0.1) is 11.4 Å². The predicted molar refractivity (Wildman–Crippen MR) is 43.2 cm³/mol. The molecule has 1 atom stereocenters. The number of carboxylic acid groups (broad SMARTS) is 1. The van der Waals surface area contributed by atoms with Crippen molar-refractivity contribution in [1.82, 2.24) is 4.98 Å². The zero-order chi connectivity index (χ0) is 9.42. The minimum absolute atomic E-state index is 0.292. The monoisotopic (exact) mass is 178 g/mol. The van der Waals surface area contributed by atoms with Gasteiger partial charge in [-0.3, -0.25) is 14.6 Å². The molecule has 0 radical (unpaired) electrons. The Morgan fingerprint density at radius 2 is 2.38 bits per heavy atom. The van der Waals surface area contributed by atoms with Gasteiger partial charge in [0.1, 0.15) is 0 Å². The summed E-state index contributed by atoms with van der Waals surface area (Å²) in [5.41, 5.74) is 0.778. The molecule has 0 aliphatic carbocycles. The van der Waals surface area contributed by atoms with Crippen LogP contribution in [0.15, 0.2) is 18.3 Å². The normalized spacial score (nSPS) is 19.4. The molecule has 2 heterocycles. The van der Waals surface area contributed by atoms with E-state index in [0.717, 1.165) is 0 Å². The van der Waals surface area contributed by atoms with Crippen LogP contribution >= 0.6 is 0 Å². The van der Waals surface area contributed by atoms with Crippen molar-refractivity contribution in [2.24, 2.45) is 0 Å². The molecule has 2 N–H and O–H groups in total. The zero-order valence-electron chi connectivity index (χ0n) is 6.52. The Balaban J connectivity index is 2.52. The van der Waals surface area contributed by atoms with Gasteiger partial charge in [-0.05, 0) is 12.1 Å². The van der Waals surface area contributed by atoms with Crippen LogP contribution in [0.5, 0.6) is 0 Å². The molecule has 1 aromatic rings. The molecule has 1 aromatic heterocycles. The first kappa shape index (κ1) is 7.72. The van der Waals surface area contributed by atoms with Gasteiger partial charge >= 0.3 is 5.97 Å². The van der Waals surface area contributed by atoms with E-state index in [1.54, 1.807) is 12.1 Å². The summed E-state index contributed by atoms with van der Waals surface area (Å²) in [4.78, 5) is 25.7. The van der Waals surface area contributed by atoms with Gasteiger partial charge in [0.2, 0.25) is 5.91 Å². The highest BCUT2D eigenvalue weighted by molar-refractivity contribution is 6.13. The second kappa shape index (κ2) is 2.55. The lowest BCUT2D eigenvalue weighted by Gasteiger charge is -1.99. The third-order valence-corrected chi connectivity index (χ3v) is 1.88. The van der Waals surface area contributed by atoms with E-state index in [4.69, 9.17) is 5.11 Å². The minimum atomic E-state index is -1.17. The number of anilines is 1. The van der Waals surface area contributed by atoms with E-state index in [9.17, 15) is 9.59 Å². The third-order valence-electron chi connectivity index (χ3n) is 1.88. The van der Waals surface area contributed by atoms with E-state index in [0.29, 0.717) is 11.4 Å². The molecule has 0 saturated carbocycles. The Bertz CT molecular complexity index is 389. The van der Waals surface area contributed by atoms with E-state index in [-0.39, 0.29) is 0 Å². The lowest BCUT2D eigenvalue weighted by atomic mass is 10.1. The van der Waals surface area contributed by atoms with Gasteiger partial charge in [0.15, 0.2) is 5.92 Å². The number of carbonyl (C=O) groups is 2. The second-order valence-corrected chi connectivity index (χ2v) is 2.70. The molecule has 0 saturated heterocycles. The summed E-state index contributed by atoms with van der Waals surface area (Å²) in [5.74, 6) is -2.85. The number of rotatable bonds is 1. The topological polar surface area (TPSA) is 79.3 Å². The molecule has 5 heteroatoms.